The molecule has 4 rings (SSSR count). The van der Waals surface area contributed by atoms with Gasteiger partial charge in [-0.2, -0.15) is 0 Å². The summed E-state index contributed by atoms with van der Waals surface area (Å²) in [5, 5.41) is 6.41. The monoisotopic (exact) mass is 401 g/mol. The van der Waals surface area contributed by atoms with Crippen LogP contribution in [0.5, 0.6) is 0 Å². The maximum atomic E-state index is 12.5. The number of rotatable bonds is 3. The molecule has 4 aromatic rings. The second kappa shape index (κ2) is 6.64. The molecule has 0 spiro atoms. The van der Waals surface area contributed by atoms with Crippen LogP contribution in [0, 0.1) is 6.92 Å². The van der Waals surface area contributed by atoms with E-state index in [2.05, 4.69) is 20.3 Å². The summed E-state index contributed by atoms with van der Waals surface area (Å²) in [4.78, 5) is 26.8. The summed E-state index contributed by atoms with van der Waals surface area (Å²) in [7, 11) is 0. The number of amides is 1. The van der Waals surface area contributed by atoms with E-state index in [-0.39, 0.29) is 5.91 Å². The third kappa shape index (κ3) is 3.03. The zero-order valence-corrected chi connectivity index (χ0v) is 15.9. The number of benzene rings is 1. The molecule has 1 aromatic carbocycles. The number of hydrogen-bond acceptors (Lipinski definition) is 7. The Morgan fingerprint density at radius 1 is 1.23 bits per heavy atom. The molecule has 0 bridgehead atoms. The fourth-order valence-electron chi connectivity index (χ4n) is 2.53. The molecule has 9 heteroatoms. The third-order valence-electron chi connectivity index (χ3n) is 3.73. The Bertz CT molecular complexity index is 1110. The number of anilines is 2. The molecule has 3 aromatic heterocycles. The Hall–Kier alpha value is -2.55. The van der Waals surface area contributed by atoms with Crippen molar-refractivity contribution in [2.24, 2.45) is 0 Å². The van der Waals surface area contributed by atoms with Crippen molar-refractivity contribution in [1.29, 1.82) is 0 Å². The smallest absolute Gasteiger partial charge is 0.269 e. The molecule has 130 valence electrons. The summed E-state index contributed by atoms with van der Waals surface area (Å²) in [5.74, 6) is 0.271. The number of thiophene rings is 1. The largest absolute Gasteiger partial charge is 0.397 e. The molecule has 0 radical (unpaired) electrons. The second-order valence-electron chi connectivity index (χ2n) is 5.46. The fourth-order valence-corrected chi connectivity index (χ4v) is 4.22. The highest BCUT2D eigenvalue weighted by Crippen LogP contribution is 2.36. The van der Waals surface area contributed by atoms with E-state index in [9.17, 15) is 4.79 Å². The van der Waals surface area contributed by atoms with Crippen LogP contribution in [0.15, 0.2) is 35.8 Å². The third-order valence-corrected chi connectivity index (χ3v) is 5.77. The van der Waals surface area contributed by atoms with Crippen LogP contribution in [0.3, 0.4) is 0 Å². The van der Waals surface area contributed by atoms with Gasteiger partial charge in [0.25, 0.3) is 5.91 Å². The van der Waals surface area contributed by atoms with E-state index >= 15 is 0 Å². The molecule has 3 N–H and O–H groups in total. The van der Waals surface area contributed by atoms with Crippen molar-refractivity contribution in [3.8, 4) is 11.4 Å². The number of hydrogen-bond donors (Lipinski definition) is 2. The predicted molar refractivity (Wildman–Crippen MR) is 107 cm³/mol. The number of nitrogen functional groups attached to an aromatic ring is 1. The van der Waals surface area contributed by atoms with Gasteiger partial charge in [-0.25, -0.2) is 15.0 Å². The molecule has 6 nitrogen and oxygen atoms in total. The normalized spacial score (nSPS) is 11.0. The number of nitrogens with zero attached hydrogens (tertiary/aromatic N) is 3. The van der Waals surface area contributed by atoms with Crippen molar-refractivity contribution in [2.75, 3.05) is 11.1 Å². The van der Waals surface area contributed by atoms with Crippen LogP contribution in [-0.2, 0) is 0 Å². The molecule has 0 aliphatic heterocycles. The number of thiazole rings is 1. The minimum absolute atomic E-state index is 0.298. The first kappa shape index (κ1) is 16.9. The van der Waals surface area contributed by atoms with Crippen molar-refractivity contribution in [3.63, 3.8) is 0 Å². The minimum atomic E-state index is -0.298. The average Bonchev–Trinajstić information content (AvgIpc) is 3.23. The Balaban J connectivity index is 1.77. The van der Waals surface area contributed by atoms with Gasteiger partial charge in [0.1, 0.15) is 9.71 Å². The molecule has 0 unspecified atom stereocenters. The van der Waals surface area contributed by atoms with Gasteiger partial charge < -0.3 is 5.73 Å². The molecular formula is C17H12ClN5OS2. The summed E-state index contributed by atoms with van der Waals surface area (Å²) < 4.78 is 0. The lowest BCUT2D eigenvalue weighted by atomic mass is 10.2. The molecule has 0 aliphatic carbocycles. The van der Waals surface area contributed by atoms with Crippen LogP contribution in [0.2, 0.25) is 5.02 Å². The van der Waals surface area contributed by atoms with Gasteiger partial charge in [-0.3, -0.25) is 10.1 Å². The molecule has 0 saturated heterocycles. The van der Waals surface area contributed by atoms with Crippen molar-refractivity contribution in [1.82, 2.24) is 15.0 Å². The summed E-state index contributed by atoms with van der Waals surface area (Å²) in [6.45, 7) is 1.86. The summed E-state index contributed by atoms with van der Waals surface area (Å²) in [5.41, 5.74) is 8.17. The number of nitrogens with two attached hydrogens (primary N) is 1. The molecule has 0 saturated carbocycles. The summed E-state index contributed by atoms with van der Waals surface area (Å²) in [6, 6.07) is 7.29. The highest BCUT2D eigenvalue weighted by Gasteiger charge is 2.21. The zero-order valence-electron chi connectivity index (χ0n) is 13.5. The van der Waals surface area contributed by atoms with Gasteiger partial charge in [0.05, 0.1) is 16.8 Å². The van der Waals surface area contributed by atoms with Gasteiger partial charge in [0.15, 0.2) is 11.0 Å². The van der Waals surface area contributed by atoms with E-state index in [0.29, 0.717) is 36.8 Å². The molecule has 1 amide bonds. The maximum Gasteiger partial charge on any atom is 0.269 e. The Morgan fingerprint density at radius 2 is 2.00 bits per heavy atom. The van der Waals surface area contributed by atoms with Gasteiger partial charge in [-0.05, 0) is 31.2 Å². The van der Waals surface area contributed by atoms with E-state index in [4.69, 9.17) is 17.3 Å². The standard InChI is InChI=1S/C17H12ClN5OS2/c1-8-11-12(19)13(15(24)23-17-20-6-7-25-17)26-16(11)22-14(21-8)9-2-4-10(18)5-3-9/h2-7H,19H2,1H3,(H,20,23,24). The molecule has 26 heavy (non-hydrogen) atoms. The molecule has 0 aliphatic rings. The number of aryl methyl sites for hydroxylation is 1. The lowest BCUT2D eigenvalue weighted by Gasteiger charge is -2.04. The van der Waals surface area contributed by atoms with Gasteiger partial charge in [-0.1, -0.05) is 11.6 Å². The second-order valence-corrected chi connectivity index (χ2v) is 7.79. The van der Waals surface area contributed by atoms with E-state index in [1.807, 2.05) is 19.1 Å². The van der Waals surface area contributed by atoms with E-state index in [1.54, 1.807) is 23.7 Å². The van der Waals surface area contributed by atoms with E-state index < -0.39 is 0 Å². The van der Waals surface area contributed by atoms with Crippen LogP contribution in [0.4, 0.5) is 10.8 Å². The SMILES string of the molecule is Cc1nc(-c2ccc(Cl)cc2)nc2sc(C(=O)Nc3nccs3)c(N)c12. The van der Waals surface area contributed by atoms with E-state index in [0.717, 1.165) is 11.3 Å². The lowest BCUT2D eigenvalue weighted by Crippen LogP contribution is -2.11. The quantitative estimate of drug-likeness (QED) is 0.522. The summed E-state index contributed by atoms with van der Waals surface area (Å²) >= 11 is 8.53. The minimum Gasteiger partial charge on any atom is -0.397 e. The van der Waals surface area contributed by atoms with Crippen LogP contribution in [0.1, 0.15) is 15.4 Å². The first-order valence-corrected chi connectivity index (χ1v) is 9.63. The van der Waals surface area contributed by atoms with Gasteiger partial charge >= 0.3 is 0 Å². The van der Waals surface area contributed by atoms with Gasteiger partial charge in [-0.15, -0.1) is 22.7 Å². The van der Waals surface area contributed by atoms with Gasteiger partial charge in [0, 0.05) is 22.2 Å². The Labute approximate surface area is 161 Å². The number of carbonyl (C=O) groups excluding carboxylic acids is 1. The van der Waals surface area contributed by atoms with Crippen molar-refractivity contribution in [3.05, 3.63) is 51.4 Å². The van der Waals surface area contributed by atoms with Crippen LogP contribution in [-0.4, -0.2) is 20.9 Å². The number of aromatic nitrogens is 3. The Morgan fingerprint density at radius 3 is 2.69 bits per heavy atom. The van der Waals surface area contributed by atoms with Crippen LogP contribution in [0.25, 0.3) is 21.6 Å². The highest BCUT2D eigenvalue weighted by molar-refractivity contribution is 7.21. The topological polar surface area (TPSA) is 93.8 Å². The Kier molecular flexibility index (Phi) is 4.31. The molecule has 0 atom stereocenters. The van der Waals surface area contributed by atoms with Crippen molar-refractivity contribution >= 4 is 61.2 Å². The first-order chi connectivity index (χ1) is 12.5. The van der Waals surface area contributed by atoms with Crippen LogP contribution < -0.4 is 11.1 Å². The van der Waals surface area contributed by atoms with Gasteiger partial charge in [0.2, 0.25) is 0 Å². The molecule has 3 heterocycles. The van der Waals surface area contributed by atoms with Crippen molar-refractivity contribution < 1.29 is 4.79 Å². The predicted octanol–water partition coefficient (Wildman–Crippen LogP) is 4.61. The van der Waals surface area contributed by atoms with E-state index in [1.165, 1.54) is 22.7 Å². The number of nitrogens with one attached hydrogen (secondary N) is 1. The first-order valence-electron chi connectivity index (χ1n) is 7.56. The fraction of sp³-hybridized carbons (Fsp3) is 0.0588. The number of carbonyl (C=O) groups is 1. The highest BCUT2D eigenvalue weighted by atomic mass is 35.5. The summed E-state index contributed by atoms with van der Waals surface area (Å²) in [6.07, 6.45) is 1.63. The molecule has 0 fully saturated rings. The van der Waals surface area contributed by atoms with Crippen molar-refractivity contribution in [2.45, 2.75) is 6.92 Å². The maximum absolute atomic E-state index is 12.5. The lowest BCUT2D eigenvalue weighted by molar-refractivity contribution is 0.103. The number of fused-ring (bicyclic) bond motifs is 1. The molecular weight excluding hydrogens is 390 g/mol. The average molecular weight is 402 g/mol. The zero-order chi connectivity index (χ0) is 18.3. The number of halogens is 1. The van der Waals surface area contributed by atoms with Crippen LogP contribution >= 0.6 is 34.3 Å².